The Morgan fingerprint density at radius 1 is 1.24 bits per heavy atom. The van der Waals surface area contributed by atoms with E-state index in [0.29, 0.717) is 11.3 Å². The number of rotatable bonds is 7. The van der Waals surface area contributed by atoms with Gasteiger partial charge in [-0.15, -0.1) is 0 Å². The summed E-state index contributed by atoms with van der Waals surface area (Å²) in [5.74, 6) is -1.66. The van der Waals surface area contributed by atoms with Crippen molar-refractivity contribution in [2.24, 2.45) is 5.73 Å². The van der Waals surface area contributed by atoms with Gasteiger partial charge in [-0.25, -0.2) is 0 Å². The van der Waals surface area contributed by atoms with E-state index in [2.05, 4.69) is 0 Å². The van der Waals surface area contributed by atoms with E-state index in [1.54, 1.807) is 13.8 Å². The Morgan fingerprint density at radius 3 is 2.24 bits per heavy atom. The fraction of sp³-hybridized carbons (Fsp3) is 0.357. The first-order chi connectivity index (χ1) is 9.81. The number of aliphatic carboxylic acids is 1. The lowest BCUT2D eigenvalue weighted by Crippen LogP contribution is -2.43. The highest BCUT2D eigenvalue weighted by Gasteiger charge is 2.20. The zero-order valence-electron chi connectivity index (χ0n) is 11.9. The molecule has 21 heavy (non-hydrogen) atoms. The SMILES string of the molecule is CC(C)N(CC(=O)O)C(=O)COc1ccc(C(N)=O)cc1. The Morgan fingerprint density at radius 2 is 1.81 bits per heavy atom. The summed E-state index contributed by atoms with van der Waals surface area (Å²) in [7, 11) is 0. The van der Waals surface area contributed by atoms with Gasteiger partial charge in [0.1, 0.15) is 12.3 Å². The average Bonchev–Trinajstić information content (AvgIpc) is 2.42. The first-order valence-corrected chi connectivity index (χ1v) is 6.35. The predicted molar refractivity (Wildman–Crippen MR) is 74.9 cm³/mol. The zero-order chi connectivity index (χ0) is 16.0. The Balaban J connectivity index is 2.62. The van der Waals surface area contributed by atoms with Crippen LogP contribution in [0.25, 0.3) is 0 Å². The first kappa shape index (κ1) is 16.5. The summed E-state index contributed by atoms with van der Waals surface area (Å²) in [6.45, 7) is 2.80. The molecule has 1 aromatic rings. The van der Waals surface area contributed by atoms with Gasteiger partial charge in [0.15, 0.2) is 6.61 Å². The Bertz CT molecular complexity index is 525. The molecule has 7 heteroatoms. The summed E-state index contributed by atoms with van der Waals surface area (Å²) in [6.07, 6.45) is 0. The van der Waals surface area contributed by atoms with E-state index in [-0.39, 0.29) is 19.2 Å². The Kier molecular flexibility index (Phi) is 5.71. The van der Waals surface area contributed by atoms with Gasteiger partial charge < -0.3 is 20.5 Å². The van der Waals surface area contributed by atoms with Crippen molar-refractivity contribution in [2.45, 2.75) is 19.9 Å². The van der Waals surface area contributed by atoms with Gasteiger partial charge in [-0.3, -0.25) is 14.4 Å². The summed E-state index contributed by atoms with van der Waals surface area (Å²) in [5, 5.41) is 8.77. The monoisotopic (exact) mass is 294 g/mol. The molecule has 0 aliphatic carbocycles. The number of carboxylic acid groups (broad SMARTS) is 1. The van der Waals surface area contributed by atoms with Gasteiger partial charge in [0.2, 0.25) is 5.91 Å². The second-order valence-electron chi connectivity index (χ2n) is 4.69. The van der Waals surface area contributed by atoms with E-state index in [0.717, 1.165) is 0 Å². The quantitative estimate of drug-likeness (QED) is 0.760. The molecular formula is C14H18N2O5. The number of carbonyl (C=O) groups is 3. The Hall–Kier alpha value is -2.57. The molecule has 0 unspecified atom stereocenters. The number of amides is 2. The molecule has 0 atom stereocenters. The van der Waals surface area contributed by atoms with Crippen molar-refractivity contribution in [3.8, 4) is 5.75 Å². The van der Waals surface area contributed by atoms with Gasteiger partial charge in [0.25, 0.3) is 5.91 Å². The van der Waals surface area contributed by atoms with E-state index in [1.165, 1.54) is 29.2 Å². The van der Waals surface area contributed by atoms with Crippen LogP contribution in [0.4, 0.5) is 0 Å². The van der Waals surface area contributed by atoms with E-state index >= 15 is 0 Å². The Labute approximate surface area is 122 Å². The molecule has 114 valence electrons. The lowest BCUT2D eigenvalue weighted by Gasteiger charge is -2.24. The third kappa shape index (κ3) is 5.13. The number of nitrogens with two attached hydrogens (primary N) is 1. The second kappa shape index (κ2) is 7.28. The summed E-state index contributed by atoms with van der Waals surface area (Å²) >= 11 is 0. The van der Waals surface area contributed by atoms with E-state index in [1.807, 2.05) is 0 Å². The standard InChI is InChI=1S/C14H18N2O5/c1-9(2)16(7-13(18)19)12(17)8-21-11-5-3-10(4-6-11)14(15)20/h3-6,9H,7-8H2,1-2H3,(H2,15,20)(H,18,19). The predicted octanol–water partition coefficient (Wildman–Crippen LogP) is 0.486. The first-order valence-electron chi connectivity index (χ1n) is 6.35. The number of carboxylic acids is 1. The van der Waals surface area contributed by atoms with Gasteiger partial charge in [0.05, 0.1) is 0 Å². The lowest BCUT2D eigenvalue weighted by atomic mass is 10.2. The number of hydrogen-bond acceptors (Lipinski definition) is 4. The molecule has 0 aliphatic heterocycles. The number of hydrogen-bond donors (Lipinski definition) is 2. The topological polar surface area (TPSA) is 110 Å². The van der Waals surface area contributed by atoms with Crippen LogP contribution in [0.5, 0.6) is 5.75 Å². The number of carbonyl (C=O) groups excluding carboxylic acids is 2. The van der Waals surface area contributed by atoms with Gasteiger partial charge in [-0.1, -0.05) is 0 Å². The maximum absolute atomic E-state index is 11.9. The summed E-state index contributed by atoms with van der Waals surface area (Å²) in [5.41, 5.74) is 5.45. The lowest BCUT2D eigenvalue weighted by molar-refractivity contribution is -0.146. The number of primary amides is 1. The fourth-order valence-electron chi connectivity index (χ4n) is 1.65. The molecule has 0 aromatic heterocycles. The van der Waals surface area contributed by atoms with Gasteiger partial charge in [0, 0.05) is 11.6 Å². The maximum Gasteiger partial charge on any atom is 0.323 e. The highest BCUT2D eigenvalue weighted by Crippen LogP contribution is 2.12. The number of ether oxygens (including phenoxy) is 1. The molecule has 0 aliphatic rings. The average molecular weight is 294 g/mol. The summed E-state index contributed by atoms with van der Waals surface area (Å²) < 4.78 is 5.28. The van der Waals surface area contributed by atoms with Crippen LogP contribution < -0.4 is 10.5 Å². The molecule has 0 saturated carbocycles. The maximum atomic E-state index is 11.9. The molecule has 0 spiro atoms. The van der Waals surface area contributed by atoms with Gasteiger partial charge in [-0.05, 0) is 38.1 Å². The van der Waals surface area contributed by atoms with Crippen LogP contribution in [0.3, 0.4) is 0 Å². The molecule has 2 amide bonds. The molecule has 0 fully saturated rings. The molecule has 3 N–H and O–H groups in total. The molecule has 1 aromatic carbocycles. The molecule has 0 heterocycles. The third-order valence-corrected chi connectivity index (χ3v) is 2.75. The fourth-order valence-corrected chi connectivity index (χ4v) is 1.65. The second-order valence-corrected chi connectivity index (χ2v) is 4.69. The van der Waals surface area contributed by atoms with Crippen LogP contribution in [0.2, 0.25) is 0 Å². The van der Waals surface area contributed by atoms with Crippen LogP contribution in [-0.4, -0.2) is 47.0 Å². The summed E-state index contributed by atoms with van der Waals surface area (Å²) in [4.78, 5) is 34.8. The van der Waals surface area contributed by atoms with Crippen LogP contribution in [0.1, 0.15) is 24.2 Å². The van der Waals surface area contributed by atoms with Crippen molar-refractivity contribution < 1.29 is 24.2 Å². The third-order valence-electron chi connectivity index (χ3n) is 2.75. The van der Waals surface area contributed by atoms with Crippen molar-refractivity contribution in [3.05, 3.63) is 29.8 Å². The van der Waals surface area contributed by atoms with Crippen LogP contribution >= 0.6 is 0 Å². The minimum Gasteiger partial charge on any atom is -0.484 e. The number of nitrogens with zero attached hydrogens (tertiary/aromatic N) is 1. The smallest absolute Gasteiger partial charge is 0.323 e. The largest absolute Gasteiger partial charge is 0.484 e. The van der Waals surface area contributed by atoms with Crippen molar-refractivity contribution in [2.75, 3.05) is 13.2 Å². The highest BCUT2D eigenvalue weighted by atomic mass is 16.5. The zero-order valence-corrected chi connectivity index (χ0v) is 11.9. The van der Waals surface area contributed by atoms with Crippen molar-refractivity contribution in [1.82, 2.24) is 4.90 Å². The number of benzene rings is 1. The molecule has 0 radical (unpaired) electrons. The minimum absolute atomic E-state index is 0.241. The molecule has 0 bridgehead atoms. The van der Waals surface area contributed by atoms with Gasteiger partial charge in [-0.2, -0.15) is 0 Å². The molecule has 0 saturated heterocycles. The van der Waals surface area contributed by atoms with Crippen LogP contribution in [0, 0.1) is 0 Å². The molecule has 7 nitrogen and oxygen atoms in total. The minimum atomic E-state index is -1.08. The van der Waals surface area contributed by atoms with E-state index in [9.17, 15) is 14.4 Å². The van der Waals surface area contributed by atoms with E-state index in [4.69, 9.17) is 15.6 Å². The van der Waals surface area contributed by atoms with Crippen LogP contribution in [0.15, 0.2) is 24.3 Å². The van der Waals surface area contributed by atoms with Crippen molar-refractivity contribution in [1.29, 1.82) is 0 Å². The highest BCUT2D eigenvalue weighted by molar-refractivity contribution is 5.92. The molecule has 1 rings (SSSR count). The normalized spacial score (nSPS) is 10.2. The summed E-state index contributed by atoms with van der Waals surface area (Å²) in [6, 6.07) is 5.77. The van der Waals surface area contributed by atoms with Gasteiger partial charge >= 0.3 is 5.97 Å². The van der Waals surface area contributed by atoms with E-state index < -0.39 is 17.8 Å². The van der Waals surface area contributed by atoms with Crippen LogP contribution in [-0.2, 0) is 9.59 Å². The van der Waals surface area contributed by atoms with Crippen molar-refractivity contribution in [3.63, 3.8) is 0 Å². The van der Waals surface area contributed by atoms with Crippen molar-refractivity contribution >= 4 is 17.8 Å². The molecular weight excluding hydrogens is 276 g/mol.